The van der Waals surface area contributed by atoms with Crippen LogP contribution in [0.1, 0.15) is 92.9 Å². The van der Waals surface area contributed by atoms with E-state index in [1.165, 1.54) is 0 Å². The number of hydrogen-bond acceptors (Lipinski definition) is 20. The van der Waals surface area contributed by atoms with Crippen LogP contribution in [0.25, 0.3) is 0 Å². The van der Waals surface area contributed by atoms with Crippen molar-refractivity contribution in [1.29, 1.82) is 0 Å². The highest BCUT2D eigenvalue weighted by Crippen LogP contribution is 2.17. The number of ether oxygens (including phenoxy) is 2. The Morgan fingerprint density at radius 1 is 0.333 bits per heavy atom. The maximum atomic E-state index is 12.3. The first kappa shape index (κ1) is 60.7. The Bertz CT molecular complexity index is 2170. The van der Waals surface area contributed by atoms with E-state index in [9.17, 15) is 38.4 Å². The summed E-state index contributed by atoms with van der Waals surface area (Å²) in [5, 5.41) is 24.2. The van der Waals surface area contributed by atoms with E-state index in [0.29, 0.717) is 86.5 Å². The zero-order valence-electron chi connectivity index (χ0n) is 44.8. The van der Waals surface area contributed by atoms with E-state index in [4.69, 9.17) is 9.47 Å². The first-order valence-corrected chi connectivity index (χ1v) is 25.6. The summed E-state index contributed by atoms with van der Waals surface area (Å²) < 4.78 is 10.5. The average molecular weight is 1020 g/mol. The molecule has 3 aromatic carbocycles. The van der Waals surface area contributed by atoms with E-state index in [2.05, 4.69) is 62.1 Å². The number of nitrogens with one attached hydrogen (secondary N) is 8. The molecule has 0 spiro atoms. The lowest BCUT2D eigenvalue weighted by atomic mass is 10.1. The van der Waals surface area contributed by atoms with Crippen molar-refractivity contribution >= 4 is 46.3 Å². The van der Waals surface area contributed by atoms with Crippen molar-refractivity contribution in [2.45, 2.75) is 104 Å². The van der Waals surface area contributed by atoms with E-state index >= 15 is 0 Å². The van der Waals surface area contributed by atoms with Gasteiger partial charge in [-0.15, -0.1) is 0 Å². The molecule has 0 unspecified atom stereocenters. The molecule has 0 atom stereocenters. The molecule has 0 aliphatic heterocycles. The number of hydrogen-bond donors (Lipinski definition) is 8. The first-order valence-electron chi connectivity index (χ1n) is 25.6. The number of carbonyl (C=O) groups excluding carboxylic acids is 2. The minimum absolute atomic E-state index is 0.321. The molecule has 0 aliphatic rings. The van der Waals surface area contributed by atoms with Gasteiger partial charge in [-0.05, 0) is 173 Å². The second kappa shape index (κ2) is 30.5. The Balaban J connectivity index is 1.20. The van der Waals surface area contributed by atoms with Gasteiger partial charge in [0.2, 0.25) is 0 Å². The molecule has 0 saturated carbocycles. The Morgan fingerprint density at radius 3 is 0.667 bits per heavy atom. The molecule has 8 N–H and O–H groups in total. The Morgan fingerprint density at radius 2 is 0.500 bits per heavy atom. The molecule has 22 nitrogen and oxygen atoms in total. The number of nitrogens with zero attached hydrogens (tertiary/aromatic N) is 4. The number of anilines is 6. The van der Waals surface area contributed by atoms with Crippen LogP contribution >= 0.6 is 0 Å². The van der Waals surface area contributed by atoms with Crippen molar-refractivity contribution < 1.29 is 19.1 Å². The number of carbonyl (C=O) groups is 2. The Hall–Kier alpha value is -5.58. The summed E-state index contributed by atoms with van der Waals surface area (Å²) >= 11 is 0. The quantitative estimate of drug-likeness (QED) is 0.0302. The van der Waals surface area contributed by atoms with Crippen molar-refractivity contribution in [1.82, 2.24) is 30.2 Å². The maximum Gasteiger partial charge on any atom is 0.407 e. The number of alkyl carbamates (subject to hydrolysis) is 2. The number of amides is 2. The van der Waals surface area contributed by atoms with Crippen LogP contribution in [0.15, 0.2) is 28.8 Å². The highest BCUT2D eigenvalue weighted by molar-refractivity contribution is 5.75. The largest absolute Gasteiger partial charge is 0.444 e. The third-order valence-corrected chi connectivity index (χ3v) is 11.6. The van der Waals surface area contributed by atoms with E-state index in [-0.39, 0.29) is 0 Å². The summed E-state index contributed by atoms with van der Waals surface area (Å²) in [6.45, 7) is 21.3. The summed E-state index contributed by atoms with van der Waals surface area (Å²) in [4.78, 5) is 106. The predicted octanol–water partition coefficient (Wildman–Crippen LogP) is 2.24. The summed E-state index contributed by atoms with van der Waals surface area (Å²) in [7, 11) is 7.97. The molecule has 3 aromatic rings. The van der Waals surface area contributed by atoms with E-state index in [1.807, 2.05) is 69.7 Å². The van der Waals surface area contributed by atoms with Crippen molar-refractivity contribution in [3.05, 3.63) is 61.3 Å². The summed E-state index contributed by atoms with van der Waals surface area (Å²) in [6, 6.07) is 0. The molecule has 0 heterocycles. The fourth-order valence-electron chi connectivity index (χ4n) is 7.72. The fourth-order valence-corrected chi connectivity index (χ4v) is 7.72. The lowest BCUT2D eigenvalue weighted by Crippen LogP contribution is -2.38. The van der Waals surface area contributed by atoms with Crippen LogP contribution in [0.5, 0.6) is 0 Å². The van der Waals surface area contributed by atoms with Gasteiger partial charge in [0.15, 0.2) is 0 Å². The van der Waals surface area contributed by atoms with Crippen LogP contribution in [0, 0.1) is 0 Å². The maximum absolute atomic E-state index is 12.3. The topological polar surface area (TPSA) is 264 Å². The van der Waals surface area contributed by atoms with Gasteiger partial charge in [0.05, 0.1) is 0 Å². The smallest absolute Gasteiger partial charge is 0.407 e. The molecule has 3 rings (SSSR count). The third-order valence-electron chi connectivity index (χ3n) is 11.6. The third kappa shape index (κ3) is 22.0. The second-order valence-electron chi connectivity index (χ2n) is 20.7. The van der Waals surface area contributed by atoms with Crippen molar-refractivity contribution in [3.63, 3.8) is 0 Å². The van der Waals surface area contributed by atoms with E-state index < -0.39 is 56.0 Å². The highest BCUT2D eigenvalue weighted by Gasteiger charge is 2.23. The molecule has 0 aliphatic carbocycles. The molecule has 22 heteroatoms. The van der Waals surface area contributed by atoms with E-state index in [1.54, 1.807) is 0 Å². The molecule has 0 aromatic heterocycles. The van der Waals surface area contributed by atoms with Crippen LogP contribution in [0.4, 0.5) is 43.7 Å². The first-order chi connectivity index (χ1) is 34.0. The molecule has 406 valence electrons. The van der Waals surface area contributed by atoms with Crippen LogP contribution in [-0.4, -0.2) is 176 Å². The lowest BCUT2D eigenvalue weighted by Gasteiger charge is -2.21. The standard InChI is InChI=1S/C50H86N12O10/c1-49(2,3)71-47(69)57-25-17-33-61(9)31-15-23-55-39-37(43(65)45(39)67)53-21-13-29-59(7)27-11-19-51-35-36(42(64)41(35)63)52-20-12-28-60(8)30-14-22-54-38-40(46(68)44(38)66)56-24-16-32-62(10)34-18-26-58-48(70)72-50(4,5)6/h51-56H,11-34H2,1-10H3,(H,57,69)(H,58,70). The molecule has 72 heavy (non-hydrogen) atoms. The monoisotopic (exact) mass is 1010 g/mol. The Kier molecular flexibility index (Phi) is 25.7. The molecule has 0 radical (unpaired) electrons. The normalized spacial score (nSPS) is 12.1. The van der Waals surface area contributed by atoms with E-state index in [0.717, 1.165) is 104 Å². The molecule has 0 bridgehead atoms. The van der Waals surface area contributed by atoms with Gasteiger partial charge >= 0.3 is 12.2 Å². The van der Waals surface area contributed by atoms with Gasteiger partial charge in [-0.3, -0.25) is 28.8 Å². The fraction of sp³-hybridized carbons (Fsp3) is 0.720. The van der Waals surface area contributed by atoms with Gasteiger partial charge in [-0.2, -0.15) is 0 Å². The average Bonchev–Trinajstić information content (AvgIpc) is 3.31. The predicted molar refractivity (Wildman–Crippen MR) is 290 cm³/mol. The molecular formula is C50H86N12O10. The Labute approximate surface area is 424 Å². The summed E-state index contributed by atoms with van der Waals surface area (Å²) in [5.41, 5.74) is -2.16. The molecular weight excluding hydrogens is 929 g/mol. The molecule has 0 saturated heterocycles. The van der Waals surface area contributed by atoms with Gasteiger partial charge in [-0.25, -0.2) is 9.59 Å². The van der Waals surface area contributed by atoms with Crippen molar-refractivity contribution in [2.75, 3.05) is 165 Å². The molecule has 2 amide bonds. The van der Waals surface area contributed by atoms with Crippen molar-refractivity contribution in [2.24, 2.45) is 0 Å². The minimum Gasteiger partial charge on any atom is -0.444 e. The van der Waals surface area contributed by atoms with Crippen LogP contribution < -0.4 is 75.1 Å². The van der Waals surface area contributed by atoms with Gasteiger partial charge in [0.1, 0.15) is 45.3 Å². The zero-order valence-corrected chi connectivity index (χ0v) is 44.8. The lowest BCUT2D eigenvalue weighted by molar-refractivity contribution is 0.0514. The SMILES string of the molecule is CN(CCCNC(=O)OC(C)(C)C)CCCNc1c(NCCCN(C)CCCNc2c(NCCCN(C)CCCNc3c(NCCCN(C)CCCNC(=O)OC(C)(C)C)c(=O)c3=O)c(=O)c2=O)c(=O)c1=O. The summed E-state index contributed by atoms with van der Waals surface area (Å²) in [5.74, 6) is 0. The molecule has 0 fully saturated rings. The van der Waals surface area contributed by atoms with Gasteiger partial charge in [-0.1, -0.05) is 0 Å². The summed E-state index contributed by atoms with van der Waals surface area (Å²) in [6.07, 6.45) is 5.21. The second-order valence-corrected chi connectivity index (χ2v) is 20.7. The van der Waals surface area contributed by atoms with Gasteiger partial charge in [0.25, 0.3) is 32.6 Å². The number of rotatable bonds is 38. The van der Waals surface area contributed by atoms with Crippen LogP contribution in [0.3, 0.4) is 0 Å². The van der Waals surface area contributed by atoms with Gasteiger partial charge in [0, 0.05) is 52.4 Å². The van der Waals surface area contributed by atoms with Crippen molar-refractivity contribution in [3.8, 4) is 0 Å². The van der Waals surface area contributed by atoms with Crippen LogP contribution in [-0.2, 0) is 9.47 Å². The van der Waals surface area contributed by atoms with Gasteiger partial charge < -0.3 is 71.6 Å². The minimum atomic E-state index is -0.534. The zero-order chi connectivity index (χ0) is 53.4. The highest BCUT2D eigenvalue weighted by atomic mass is 16.6. The van der Waals surface area contributed by atoms with Crippen LogP contribution in [0.2, 0.25) is 0 Å².